The minimum Gasteiger partial charge on any atom is -0.398 e. The maximum absolute atomic E-state index is 9.08. The third-order valence-corrected chi connectivity index (χ3v) is 3.32. The van der Waals surface area contributed by atoms with Crippen LogP contribution in [0.15, 0.2) is 30.4 Å². The average Bonchev–Trinajstić information content (AvgIpc) is 2.48. The molecular formula is C16H20N2O2. The summed E-state index contributed by atoms with van der Waals surface area (Å²) in [5.74, 6) is 0. The van der Waals surface area contributed by atoms with Crippen LogP contribution in [0.3, 0.4) is 0 Å². The van der Waals surface area contributed by atoms with Crippen molar-refractivity contribution in [3.63, 3.8) is 0 Å². The van der Waals surface area contributed by atoms with Gasteiger partial charge in [0.2, 0.25) is 0 Å². The number of nitrogens with two attached hydrogens (primary N) is 1. The highest BCUT2D eigenvalue weighted by molar-refractivity contribution is 5.58. The summed E-state index contributed by atoms with van der Waals surface area (Å²) < 4.78 is 11.1. The van der Waals surface area contributed by atoms with Crippen molar-refractivity contribution in [3.8, 4) is 6.07 Å². The highest BCUT2D eigenvalue weighted by atomic mass is 16.7. The monoisotopic (exact) mass is 272 g/mol. The second-order valence-electron chi connectivity index (χ2n) is 4.80. The molecule has 0 aliphatic carbocycles. The van der Waals surface area contributed by atoms with Gasteiger partial charge in [-0.3, -0.25) is 0 Å². The average molecular weight is 272 g/mol. The van der Waals surface area contributed by atoms with Crippen molar-refractivity contribution < 1.29 is 9.47 Å². The Bertz CT molecular complexity index is 500. The van der Waals surface area contributed by atoms with E-state index in [-0.39, 0.29) is 6.29 Å². The molecule has 0 amide bonds. The SMILES string of the molecule is N#Cc1c(N)cccc1C/C=C/COC1CCCCO1. The van der Waals surface area contributed by atoms with Gasteiger partial charge in [-0.05, 0) is 37.3 Å². The minimum atomic E-state index is -0.0598. The molecule has 1 aliphatic rings. The first-order valence-corrected chi connectivity index (χ1v) is 6.97. The van der Waals surface area contributed by atoms with Crippen molar-refractivity contribution in [1.82, 2.24) is 0 Å². The van der Waals surface area contributed by atoms with E-state index in [1.165, 1.54) is 6.42 Å². The van der Waals surface area contributed by atoms with E-state index in [1.807, 2.05) is 24.3 Å². The van der Waals surface area contributed by atoms with Gasteiger partial charge in [0.1, 0.15) is 6.07 Å². The molecule has 4 nitrogen and oxygen atoms in total. The Balaban J connectivity index is 1.79. The van der Waals surface area contributed by atoms with E-state index in [2.05, 4.69) is 6.07 Å². The number of benzene rings is 1. The lowest BCUT2D eigenvalue weighted by Crippen LogP contribution is -2.22. The fourth-order valence-corrected chi connectivity index (χ4v) is 2.21. The first-order chi connectivity index (χ1) is 9.81. The molecule has 1 aliphatic heterocycles. The second kappa shape index (κ2) is 7.68. The van der Waals surface area contributed by atoms with E-state index in [1.54, 1.807) is 6.07 Å². The first kappa shape index (κ1) is 14.6. The van der Waals surface area contributed by atoms with E-state index in [0.717, 1.165) is 25.0 Å². The molecule has 1 unspecified atom stereocenters. The summed E-state index contributed by atoms with van der Waals surface area (Å²) in [7, 11) is 0. The molecule has 0 saturated carbocycles. The number of allylic oxidation sites excluding steroid dienone is 1. The maximum atomic E-state index is 9.08. The summed E-state index contributed by atoms with van der Waals surface area (Å²) in [4.78, 5) is 0. The molecule has 106 valence electrons. The van der Waals surface area contributed by atoms with Crippen molar-refractivity contribution >= 4 is 5.69 Å². The van der Waals surface area contributed by atoms with Crippen LogP contribution in [-0.2, 0) is 15.9 Å². The Morgan fingerprint density at radius 2 is 2.30 bits per heavy atom. The summed E-state index contributed by atoms with van der Waals surface area (Å²) >= 11 is 0. The number of nitrogens with zero attached hydrogens (tertiary/aromatic N) is 1. The number of hydrogen-bond acceptors (Lipinski definition) is 4. The predicted octanol–water partition coefficient (Wildman–Crippen LogP) is 2.78. The van der Waals surface area contributed by atoms with Crippen molar-refractivity contribution in [2.45, 2.75) is 32.0 Å². The molecule has 1 atom stereocenters. The standard InChI is InChI=1S/C16H20N2O2/c17-12-14-13(7-5-8-15(14)18)6-1-3-10-19-16-9-2-4-11-20-16/h1,3,5,7-8,16H,2,4,6,9-11,18H2/b3-1+. The molecule has 0 spiro atoms. The van der Waals surface area contributed by atoms with E-state index >= 15 is 0 Å². The van der Waals surface area contributed by atoms with Crippen molar-refractivity contribution in [2.75, 3.05) is 18.9 Å². The largest absolute Gasteiger partial charge is 0.398 e. The quantitative estimate of drug-likeness (QED) is 0.661. The van der Waals surface area contributed by atoms with Crippen molar-refractivity contribution in [1.29, 1.82) is 5.26 Å². The zero-order chi connectivity index (χ0) is 14.2. The molecular weight excluding hydrogens is 252 g/mol. The van der Waals surface area contributed by atoms with Gasteiger partial charge in [-0.25, -0.2) is 0 Å². The number of anilines is 1. The molecule has 4 heteroatoms. The van der Waals surface area contributed by atoms with Crippen LogP contribution in [0.1, 0.15) is 30.4 Å². The lowest BCUT2D eigenvalue weighted by atomic mass is 10.0. The molecule has 0 radical (unpaired) electrons. The van der Waals surface area contributed by atoms with E-state index in [0.29, 0.717) is 24.3 Å². The van der Waals surface area contributed by atoms with Gasteiger partial charge in [0, 0.05) is 12.3 Å². The highest BCUT2D eigenvalue weighted by Crippen LogP contribution is 2.17. The van der Waals surface area contributed by atoms with Gasteiger partial charge in [-0.2, -0.15) is 5.26 Å². The Labute approximate surface area is 119 Å². The normalized spacial score (nSPS) is 19.1. The van der Waals surface area contributed by atoms with Gasteiger partial charge in [-0.1, -0.05) is 24.3 Å². The molecule has 1 saturated heterocycles. The third kappa shape index (κ3) is 4.09. The van der Waals surface area contributed by atoms with Gasteiger partial charge >= 0.3 is 0 Å². The van der Waals surface area contributed by atoms with Crippen LogP contribution >= 0.6 is 0 Å². The Morgan fingerprint density at radius 3 is 3.05 bits per heavy atom. The van der Waals surface area contributed by atoms with E-state index in [9.17, 15) is 0 Å². The van der Waals surface area contributed by atoms with Crippen LogP contribution < -0.4 is 5.73 Å². The molecule has 2 rings (SSSR count). The van der Waals surface area contributed by atoms with Crippen molar-refractivity contribution in [3.05, 3.63) is 41.5 Å². The van der Waals surface area contributed by atoms with Crippen LogP contribution in [0, 0.1) is 11.3 Å². The van der Waals surface area contributed by atoms with Gasteiger partial charge in [-0.15, -0.1) is 0 Å². The topological polar surface area (TPSA) is 68.3 Å². The van der Waals surface area contributed by atoms with Crippen LogP contribution in [0.25, 0.3) is 0 Å². The van der Waals surface area contributed by atoms with Crippen LogP contribution in [0.4, 0.5) is 5.69 Å². The lowest BCUT2D eigenvalue weighted by Gasteiger charge is -2.21. The predicted molar refractivity (Wildman–Crippen MR) is 78.0 cm³/mol. The van der Waals surface area contributed by atoms with Gasteiger partial charge < -0.3 is 15.2 Å². The number of nitrogen functional groups attached to an aromatic ring is 1. The fraction of sp³-hybridized carbons (Fsp3) is 0.438. The Morgan fingerprint density at radius 1 is 1.40 bits per heavy atom. The number of hydrogen-bond donors (Lipinski definition) is 1. The summed E-state index contributed by atoms with van der Waals surface area (Å²) in [5, 5.41) is 9.08. The molecule has 1 aromatic carbocycles. The summed E-state index contributed by atoms with van der Waals surface area (Å²) in [6.07, 6.45) is 7.85. The van der Waals surface area contributed by atoms with Gasteiger partial charge in [0.25, 0.3) is 0 Å². The molecule has 0 aromatic heterocycles. The molecule has 1 aromatic rings. The fourth-order valence-electron chi connectivity index (χ4n) is 2.21. The first-order valence-electron chi connectivity index (χ1n) is 6.97. The van der Waals surface area contributed by atoms with Gasteiger partial charge in [0.15, 0.2) is 6.29 Å². The molecule has 1 heterocycles. The smallest absolute Gasteiger partial charge is 0.157 e. The molecule has 20 heavy (non-hydrogen) atoms. The summed E-state index contributed by atoms with van der Waals surface area (Å²) in [5.41, 5.74) is 7.81. The number of ether oxygens (including phenoxy) is 2. The summed E-state index contributed by atoms with van der Waals surface area (Å²) in [6, 6.07) is 7.68. The van der Waals surface area contributed by atoms with E-state index in [4.69, 9.17) is 20.5 Å². The highest BCUT2D eigenvalue weighted by Gasteiger charge is 2.12. The zero-order valence-electron chi connectivity index (χ0n) is 11.5. The van der Waals surface area contributed by atoms with E-state index < -0.39 is 0 Å². The van der Waals surface area contributed by atoms with Crippen molar-refractivity contribution in [2.24, 2.45) is 0 Å². The zero-order valence-corrected chi connectivity index (χ0v) is 11.5. The van der Waals surface area contributed by atoms with Gasteiger partial charge in [0.05, 0.1) is 12.2 Å². The molecule has 1 fully saturated rings. The molecule has 0 bridgehead atoms. The van der Waals surface area contributed by atoms with Crippen LogP contribution in [-0.4, -0.2) is 19.5 Å². The number of rotatable bonds is 5. The maximum Gasteiger partial charge on any atom is 0.157 e. The molecule has 2 N–H and O–H groups in total. The summed E-state index contributed by atoms with van der Waals surface area (Å²) in [6.45, 7) is 1.33. The lowest BCUT2D eigenvalue weighted by molar-refractivity contribution is -0.155. The number of nitriles is 1. The van der Waals surface area contributed by atoms with Crippen LogP contribution in [0.2, 0.25) is 0 Å². The third-order valence-electron chi connectivity index (χ3n) is 3.32. The Kier molecular flexibility index (Phi) is 5.60. The second-order valence-corrected chi connectivity index (χ2v) is 4.80. The minimum absolute atomic E-state index is 0.0598. The van der Waals surface area contributed by atoms with Crippen LogP contribution in [0.5, 0.6) is 0 Å². The Hall–Kier alpha value is -1.83.